The summed E-state index contributed by atoms with van der Waals surface area (Å²) in [5, 5.41) is 3.49. The Bertz CT molecular complexity index is 118. The van der Waals surface area contributed by atoms with Gasteiger partial charge in [-0.25, -0.2) is 0 Å². The van der Waals surface area contributed by atoms with E-state index in [9.17, 15) is 0 Å². The first-order valence-corrected chi connectivity index (χ1v) is 6.36. The monoisotopic (exact) mass is 219 g/mol. The van der Waals surface area contributed by atoms with Crippen LogP contribution < -0.4 is 5.32 Å². The first-order valence-electron chi connectivity index (χ1n) is 5.83. The molecule has 0 amide bonds. The highest BCUT2D eigenvalue weighted by Gasteiger charge is 2.08. The predicted octanol–water partition coefficient (Wildman–Crippen LogP) is 3.81. The molecule has 0 radical (unpaired) electrons. The minimum atomic E-state index is 0.464. The van der Waals surface area contributed by atoms with E-state index < -0.39 is 0 Å². The molecule has 0 atom stereocenters. The van der Waals surface area contributed by atoms with Crippen LogP contribution in [0, 0.1) is 5.41 Å². The number of halogens is 1. The molecule has 0 fully saturated rings. The maximum Gasteiger partial charge on any atom is 0.0223 e. The van der Waals surface area contributed by atoms with E-state index in [1.807, 2.05) is 0 Å². The predicted molar refractivity (Wildman–Crippen MR) is 66.1 cm³/mol. The normalized spacial score (nSPS) is 12.0. The first kappa shape index (κ1) is 14.2. The van der Waals surface area contributed by atoms with Gasteiger partial charge in [-0.2, -0.15) is 0 Å². The largest absolute Gasteiger partial charge is 0.317 e. The van der Waals surface area contributed by atoms with Crippen LogP contribution in [0.25, 0.3) is 0 Å². The summed E-state index contributed by atoms with van der Waals surface area (Å²) in [5.41, 5.74) is 0.464. The highest BCUT2D eigenvalue weighted by molar-refractivity contribution is 6.17. The Morgan fingerprint density at radius 3 is 2.14 bits per heavy atom. The van der Waals surface area contributed by atoms with Crippen LogP contribution in [0.4, 0.5) is 0 Å². The zero-order valence-corrected chi connectivity index (χ0v) is 10.8. The van der Waals surface area contributed by atoms with Gasteiger partial charge in [0, 0.05) is 5.88 Å². The average Bonchev–Trinajstić information content (AvgIpc) is 2.08. The van der Waals surface area contributed by atoms with Crippen molar-refractivity contribution in [3.05, 3.63) is 0 Å². The fourth-order valence-electron chi connectivity index (χ4n) is 1.29. The Kier molecular flexibility index (Phi) is 8.70. The van der Waals surface area contributed by atoms with Gasteiger partial charge in [0.25, 0.3) is 0 Å². The van der Waals surface area contributed by atoms with E-state index in [1.54, 1.807) is 0 Å². The maximum absolute atomic E-state index is 5.60. The highest BCUT2D eigenvalue weighted by Crippen LogP contribution is 2.16. The Morgan fingerprint density at radius 2 is 1.57 bits per heavy atom. The van der Waals surface area contributed by atoms with E-state index in [1.165, 1.54) is 38.6 Å². The van der Waals surface area contributed by atoms with Crippen LogP contribution in [-0.4, -0.2) is 19.0 Å². The smallest absolute Gasteiger partial charge is 0.0223 e. The molecule has 0 saturated carbocycles. The van der Waals surface area contributed by atoms with Crippen molar-refractivity contribution in [2.24, 2.45) is 5.41 Å². The lowest BCUT2D eigenvalue weighted by Crippen LogP contribution is -2.21. The summed E-state index contributed by atoms with van der Waals surface area (Å²) < 4.78 is 0. The molecule has 0 rings (SSSR count). The minimum Gasteiger partial charge on any atom is -0.317 e. The second-order valence-electron chi connectivity index (χ2n) is 5.16. The average molecular weight is 220 g/mol. The SMILES string of the molecule is CC(C)(C)CCNCCCCCCCl. The van der Waals surface area contributed by atoms with Crippen molar-refractivity contribution in [3.8, 4) is 0 Å². The molecule has 1 nitrogen and oxygen atoms in total. The van der Waals surface area contributed by atoms with Gasteiger partial charge in [0.2, 0.25) is 0 Å². The zero-order valence-electron chi connectivity index (χ0n) is 10.0. The molecule has 0 saturated heterocycles. The summed E-state index contributed by atoms with van der Waals surface area (Å²) in [5.74, 6) is 0.817. The molecule has 14 heavy (non-hydrogen) atoms. The molecule has 0 heterocycles. The standard InChI is InChI=1S/C12H26ClN/c1-12(2,3)8-11-14-10-7-5-4-6-9-13/h14H,4-11H2,1-3H3. The highest BCUT2D eigenvalue weighted by atomic mass is 35.5. The van der Waals surface area contributed by atoms with E-state index in [0.29, 0.717) is 5.41 Å². The molecule has 0 aromatic carbocycles. The van der Waals surface area contributed by atoms with E-state index in [0.717, 1.165) is 12.4 Å². The fourth-order valence-corrected chi connectivity index (χ4v) is 1.48. The summed E-state index contributed by atoms with van der Waals surface area (Å²) in [6.07, 6.45) is 6.32. The Hall–Kier alpha value is 0.250. The molecule has 0 aromatic heterocycles. The third-order valence-electron chi connectivity index (χ3n) is 2.29. The number of hydrogen-bond acceptors (Lipinski definition) is 1. The maximum atomic E-state index is 5.60. The number of nitrogens with one attached hydrogen (secondary N) is 1. The fraction of sp³-hybridized carbons (Fsp3) is 1.00. The van der Waals surface area contributed by atoms with Gasteiger partial charge in [-0.3, -0.25) is 0 Å². The van der Waals surface area contributed by atoms with Gasteiger partial charge in [-0.05, 0) is 37.8 Å². The molecular formula is C12H26ClN. The summed E-state index contributed by atoms with van der Waals surface area (Å²) in [7, 11) is 0. The van der Waals surface area contributed by atoms with E-state index in [4.69, 9.17) is 11.6 Å². The van der Waals surface area contributed by atoms with Crippen molar-refractivity contribution in [2.45, 2.75) is 52.9 Å². The van der Waals surface area contributed by atoms with Crippen LogP contribution in [0.1, 0.15) is 52.9 Å². The van der Waals surface area contributed by atoms with Gasteiger partial charge in [0.05, 0.1) is 0 Å². The molecule has 2 heteroatoms. The molecule has 0 aliphatic rings. The van der Waals surface area contributed by atoms with Gasteiger partial charge in [0.1, 0.15) is 0 Å². The van der Waals surface area contributed by atoms with Crippen molar-refractivity contribution < 1.29 is 0 Å². The second kappa shape index (κ2) is 8.55. The van der Waals surface area contributed by atoms with Crippen LogP contribution in [0.3, 0.4) is 0 Å². The lowest BCUT2D eigenvalue weighted by molar-refractivity contribution is 0.366. The second-order valence-corrected chi connectivity index (χ2v) is 5.54. The number of unbranched alkanes of at least 4 members (excludes halogenated alkanes) is 3. The van der Waals surface area contributed by atoms with Crippen LogP contribution in [0.2, 0.25) is 0 Å². The van der Waals surface area contributed by atoms with Crippen molar-refractivity contribution in [3.63, 3.8) is 0 Å². The third-order valence-corrected chi connectivity index (χ3v) is 2.56. The van der Waals surface area contributed by atoms with Gasteiger partial charge < -0.3 is 5.32 Å². The first-order chi connectivity index (χ1) is 6.56. The Morgan fingerprint density at radius 1 is 0.929 bits per heavy atom. The molecular weight excluding hydrogens is 194 g/mol. The minimum absolute atomic E-state index is 0.464. The summed E-state index contributed by atoms with van der Waals surface area (Å²) in [4.78, 5) is 0. The molecule has 1 N–H and O–H groups in total. The number of alkyl halides is 1. The van der Waals surface area contributed by atoms with E-state index in [2.05, 4.69) is 26.1 Å². The number of hydrogen-bond donors (Lipinski definition) is 1. The van der Waals surface area contributed by atoms with Crippen LogP contribution in [0.15, 0.2) is 0 Å². The Balaban J connectivity index is 2.99. The lowest BCUT2D eigenvalue weighted by atomic mass is 9.92. The van der Waals surface area contributed by atoms with Gasteiger partial charge >= 0.3 is 0 Å². The van der Waals surface area contributed by atoms with E-state index >= 15 is 0 Å². The molecule has 0 aliphatic heterocycles. The van der Waals surface area contributed by atoms with Gasteiger partial charge in [-0.1, -0.05) is 33.6 Å². The third kappa shape index (κ3) is 12.2. The van der Waals surface area contributed by atoms with Crippen molar-refractivity contribution in [1.29, 1.82) is 0 Å². The molecule has 0 aliphatic carbocycles. The zero-order chi connectivity index (χ0) is 10.9. The van der Waals surface area contributed by atoms with Crippen LogP contribution in [-0.2, 0) is 0 Å². The van der Waals surface area contributed by atoms with Crippen molar-refractivity contribution in [1.82, 2.24) is 5.32 Å². The molecule has 0 bridgehead atoms. The molecule has 0 aromatic rings. The summed E-state index contributed by atoms with van der Waals surface area (Å²) >= 11 is 5.60. The number of rotatable bonds is 8. The van der Waals surface area contributed by atoms with Crippen LogP contribution in [0.5, 0.6) is 0 Å². The van der Waals surface area contributed by atoms with Gasteiger partial charge in [0.15, 0.2) is 0 Å². The summed E-state index contributed by atoms with van der Waals surface area (Å²) in [6.45, 7) is 9.18. The van der Waals surface area contributed by atoms with Crippen LogP contribution >= 0.6 is 11.6 Å². The topological polar surface area (TPSA) is 12.0 Å². The molecule has 86 valence electrons. The van der Waals surface area contributed by atoms with Crippen molar-refractivity contribution >= 4 is 11.6 Å². The lowest BCUT2D eigenvalue weighted by Gasteiger charge is -2.17. The summed E-state index contributed by atoms with van der Waals surface area (Å²) in [6, 6.07) is 0. The quantitative estimate of drug-likeness (QED) is 0.484. The van der Waals surface area contributed by atoms with Crippen molar-refractivity contribution in [2.75, 3.05) is 19.0 Å². The molecule has 0 unspecified atom stereocenters. The van der Waals surface area contributed by atoms with E-state index in [-0.39, 0.29) is 0 Å². The molecule has 0 spiro atoms. The Labute approximate surface area is 94.6 Å². The van der Waals surface area contributed by atoms with Gasteiger partial charge in [-0.15, -0.1) is 11.6 Å².